The highest BCUT2D eigenvalue weighted by molar-refractivity contribution is 5.55. The molecular weight excluding hydrogens is 246 g/mol. The summed E-state index contributed by atoms with van der Waals surface area (Å²) in [6.45, 7) is 11.4. The number of benzene rings is 1. The number of nitrogens with one attached hydrogen (secondary N) is 1. The molecule has 110 valence electrons. The standard InChI is InChI=1S/C17H27N3/c1-3-18-12-15-6-7-17(14(2)11-15)20-10-9-19-8-4-5-16(19)13-20/h6-7,11,16,18H,3-5,8-10,12-13H2,1-2H3. The second-order valence-electron chi connectivity index (χ2n) is 6.18. The van der Waals surface area contributed by atoms with Gasteiger partial charge in [0.25, 0.3) is 0 Å². The summed E-state index contributed by atoms with van der Waals surface area (Å²) in [6, 6.07) is 7.75. The Hall–Kier alpha value is -1.06. The molecular formula is C17H27N3. The van der Waals surface area contributed by atoms with E-state index in [-0.39, 0.29) is 0 Å². The molecule has 2 aliphatic heterocycles. The molecule has 1 aromatic rings. The number of nitrogens with zero attached hydrogens (tertiary/aromatic N) is 2. The van der Waals surface area contributed by atoms with E-state index >= 15 is 0 Å². The van der Waals surface area contributed by atoms with Crippen molar-refractivity contribution in [2.24, 2.45) is 0 Å². The molecule has 0 spiro atoms. The molecule has 1 atom stereocenters. The Morgan fingerprint density at radius 3 is 2.95 bits per heavy atom. The van der Waals surface area contributed by atoms with Gasteiger partial charge in [0.2, 0.25) is 0 Å². The van der Waals surface area contributed by atoms with Crippen LogP contribution in [0.4, 0.5) is 5.69 Å². The maximum absolute atomic E-state index is 3.40. The lowest BCUT2D eigenvalue weighted by Gasteiger charge is -2.39. The molecule has 0 bridgehead atoms. The van der Waals surface area contributed by atoms with Crippen molar-refractivity contribution in [1.82, 2.24) is 10.2 Å². The summed E-state index contributed by atoms with van der Waals surface area (Å²) in [5, 5.41) is 3.40. The smallest absolute Gasteiger partial charge is 0.0397 e. The average molecular weight is 273 g/mol. The molecule has 1 aromatic carbocycles. The van der Waals surface area contributed by atoms with Gasteiger partial charge in [0.1, 0.15) is 0 Å². The van der Waals surface area contributed by atoms with E-state index in [9.17, 15) is 0 Å². The van der Waals surface area contributed by atoms with Gasteiger partial charge < -0.3 is 10.2 Å². The van der Waals surface area contributed by atoms with Crippen molar-refractivity contribution in [3.05, 3.63) is 29.3 Å². The third kappa shape index (κ3) is 2.84. The number of hydrogen-bond donors (Lipinski definition) is 1. The normalized spacial score (nSPS) is 23.1. The molecule has 2 aliphatic rings. The number of rotatable bonds is 4. The van der Waals surface area contributed by atoms with Crippen LogP contribution < -0.4 is 10.2 Å². The van der Waals surface area contributed by atoms with E-state index in [1.807, 2.05) is 0 Å². The fraction of sp³-hybridized carbons (Fsp3) is 0.647. The minimum atomic E-state index is 0.796. The molecule has 3 rings (SSSR count). The van der Waals surface area contributed by atoms with Crippen molar-refractivity contribution < 1.29 is 0 Å². The first-order valence-electron chi connectivity index (χ1n) is 8.07. The van der Waals surface area contributed by atoms with E-state index < -0.39 is 0 Å². The van der Waals surface area contributed by atoms with Crippen LogP contribution in [0.15, 0.2) is 18.2 Å². The molecule has 1 unspecified atom stereocenters. The van der Waals surface area contributed by atoms with Crippen molar-refractivity contribution in [3.8, 4) is 0 Å². The Morgan fingerprint density at radius 2 is 2.15 bits per heavy atom. The summed E-state index contributed by atoms with van der Waals surface area (Å²) in [4.78, 5) is 5.27. The van der Waals surface area contributed by atoms with Gasteiger partial charge in [-0.1, -0.05) is 19.1 Å². The van der Waals surface area contributed by atoms with Gasteiger partial charge in [0.15, 0.2) is 0 Å². The van der Waals surface area contributed by atoms with Crippen molar-refractivity contribution in [2.75, 3.05) is 37.6 Å². The summed E-state index contributed by atoms with van der Waals surface area (Å²) < 4.78 is 0. The van der Waals surface area contributed by atoms with Gasteiger partial charge in [-0.3, -0.25) is 4.90 Å². The van der Waals surface area contributed by atoms with Crippen molar-refractivity contribution in [1.29, 1.82) is 0 Å². The second-order valence-corrected chi connectivity index (χ2v) is 6.18. The molecule has 0 aliphatic carbocycles. The number of piperazine rings is 1. The van der Waals surface area contributed by atoms with E-state index in [1.54, 1.807) is 0 Å². The Kier molecular flexibility index (Phi) is 4.27. The Balaban J connectivity index is 1.70. The molecule has 2 saturated heterocycles. The number of hydrogen-bond acceptors (Lipinski definition) is 3. The third-order valence-corrected chi connectivity index (χ3v) is 4.77. The number of aryl methyl sites for hydroxylation is 1. The zero-order valence-electron chi connectivity index (χ0n) is 12.9. The SMILES string of the molecule is CCNCc1ccc(N2CCN3CCCC3C2)c(C)c1. The fourth-order valence-corrected chi connectivity index (χ4v) is 3.66. The highest BCUT2D eigenvalue weighted by Gasteiger charge is 2.30. The Labute approximate surface area is 123 Å². The lowest BCUT2D eigenvalue weighted by molar-refractivity contribution is 0.231. The third-order valence-electron chi connectivity index (χ3n) is 4.77. The van der Waals surface area contributed by atoms with Gasteiger partial charge in [-0.25, -0.2) is 0 Å². The molecule has 0 amide bonds. The maximum atomic E-state index is 3.40. The molecule has 20 heavy (non-hydrogen) atoms. The second kappa shape index (κ2) is 6.15. The first kappa shape index (κ1) is 13.9. The average Bonchev–Trinajstić information content (AvgIpc) is 2.92. The predicted molar refractivity (Wildman–Crippen MR) is 85.4 cm³/mol. The predicted octanol–water partition coefficient (Wildman–Crippen LogP) is 2.39. The zero-order chi connectivity index (χ0) is 13.9. The minimum Gasteiger partial charge on any atom is -0.368 e. The van der Waals surface area contributed by atoms with Gasteiger partial charge in [-0.2, -0.15) is 0 Å². The van der Waals surface area contributed by atoms with Gasteiger partial charge in [0, 0.05) is 37.9 Å². The maximum Gasteiger partial charge on any atom is 0.0397 e. The van der Waals surface area contributed by atoms with Crippen LogP contribution in [0.5, 0.6) is 0 Å². The highest BCUT2D eigenvalue weighted by atomic mass is 15.3. The van der Waals surface area contributed by atoms with E-state index in [4.69, 9.17) is 0 Å². The van der Waals surface area contributed by atoms with Gasteiger partial charge in [0.05, 0.1) is 0 Å². The largest absolute Gasteiger partial charge is 0.368 e. The topological polar surface area (TPSA) is 18.5 Å². The van der Waals surface area contributed by atoms with Crippen LogP contribution >= 0.6 is 0 Å². The van der Waals surface area contributed by atoms with Crippen LogP contribution in [0, 0.1) is 6.92 Å². The lowest BCUT2D eigenvalue weighted by atomic mass is 10.1. The number of fused-ring (bicyclic) bond motifs is 1. The van der Waals surface area contributed by atoms with Crippen LogP contribution in [0.3, 0.4) is 0 Å². The molecule has 2 fully saturated rings. The fourth-order valence-electron chi connectivity index (χ4n) is 3.66. The summed E-state index contributed by atoms with van der Waals surface area (Å²) >= 11 is 0. The monoisotopic (exact) mass is 273 g/mol. The van der Waals surface area contributed by atoms with Crippen LogP contribution in [0.2, 0.25) is 0 Å². The Bertz CT molecular complexity index is 458. The molecule has 0 radical (unpaired) electrons. The van der Waals surface area contributed by atoms with Crippen molar-refractivity contribution >= 4 is 5.69 Å². The van der Waals surface area contributed by atoms with Crippen LogP contribution in [0.1, 0.15) is 30.9 Å². The van der Waals surface area contributed by atoms with E-state index in [0.29, 0.717) is 0 Å². The van der Waals surface area contributed by atoms with Crippen molar-refractivity contribution in [3.63, 3.8) is 0 Å². The zero-order valence-corrected chi connectivity index (χ0v) is 12.9. The van der Waals surface area contributed by atoms with E-state index in [1.165, 1.54) is 55.8 Å². The van der Waals surface area contributed by atoms with E-state index in [2.05, 4.69) is 47.2 Å². The molecule has 0 aromatic heterocycles. The van der Waals surface area contributed by atoms with E-state index in [0.717, 1.165) is 19.1 Å². The molecule has 0 saturated carbocycles. The quantitative estimate of drug-likeness (QED) is 0.909. The lowest BCUT2D eigenvalue weighted by Crippen LogP contribution is -2.50. The van der Waals surface area contributed by atoms with Gasteiger partial charge in [-0.05, 0) is 50.0 Å². The van der Waals surface area contributed by atoms with Crippen molar-refractivity contribution in [2.45, 2.75) is 39.3 Å². The van der Waals surface area contributed by atoms with Gasteiger partial charge >= 0.3 is 0 Å². The number of anilines is 1. The highest BCUT2D eigenvalue weighted by Crippen LogP contribution is 2.28. The summed E-state index contributed by atoms with van der Waals surface area (Å²) in [7, 11) is 0. The molecule has 2 heterocycles. The summed E-state index contributed by atoms with van der Waals surface area (Å²) in [5.41, 5.74) is 4.26. The Morgan fingerprint density at radius 1 is 1.25 bits per heavy atom. The van der Waals surface area contributed by atoms with Crippen LogP contribution in [0.25, 0.3) is 0 Å². The molecule has 3 nitrogen and oxygen atoms in total. The molecule has 3 heteroatoms. The first-order chi connectivity index (χ1) is 9.78. The van der Waals surface area contributed by atoms with Crippen LogP contribution in [-0.4, -0.2) is 43.7 Å². The minimum absolute atomic E-state index is 0.796. The van der Waals surface area contributed by atoms with Crippen LogP contribution in [-0.2, 0) is 6.54 Å². The molecule has 1 N–H and O–H groups in total. The van der Waals surface area contributed by atoms with Gasteiger partial charge in [-0.15, -0.1) is 0 Å². The summed E-state index contributed by atoms with van der Waals surface area (Å²) in [5.74, 6) is 0. The summed E-state index contributed by atoms with van der Waals surface area (Å²) in [6.07, 6.45) is 2.77. The first-order valence-corrected chi connectivity index (χ1v) is 8.07.